The van der Waals surface area contributed by atoms with Gasteiger partial charge in [-0.2, -0.15) is 0 Å². The van der Waals surface area contributed by atoms with Gasteiger partial charge in [-0.3, -0.25) is 13.9 Å². The van der Waals surface area contributed by atoms with E-state index in [9.17, 15) is 14.7 Å². The summed E-state index contributed by atoms with van der Waals surface area (Å²) in [7, 11) is 3.46. The Balaban J connectivity index is 0.00000324. The van der Waals surface area contributed by atoms with E-state index in [1.807, 2.05) is 47.4 Å². The van der Waals surface area contributed by atoms with Crippen LogP contribution in [0.1, 0.15) is 36.5 Å². The van der Waals surface area contributed by atoms with Gasteiger partial charge in [-0.15, -0.1) is 12.4 Å². The smallest absolute Gasteiger partial charge is 0.328 e. The fourth-order valence-corrected chi connectivity index (χ4v) is 4.27. The first-order valence-corrected chi connectivity index (χ1v) is 11.5. The number of carbonyl (C=O) groups is 1. The van der Waals surface area contributed by atoms with E-state index >= 15 is 0 Å². The van der Waals surface area contributed by atoms with Crippen molar-refractivity contribution in [2.45, 2.75) is 31.9 Å². The first-order chi connectivity index (χ1) is 15.9. The number of aryl methyl sites for hydroxylation is 2. The highest BCUT2D eigenvalue weighted by Gasteiger charge is 2.18. The summed E-state index contributed by atoms with van der Waals surface area (Å²) in [6.45, 7) is 3.47. The number of likely N-dealkylation sites (tertiary alicyclic amines) is 1. The molecule has 1 aliphatic heterocycles. The average Bonchev–Trinajstić information content (AvgIpc) is 3.34. The number of fused-ring (bicyclic) bond motifs is 1. The Bertz CT molecular complexity index is 1170. The molecule has 4 rings (SSSR count). The van der Waals surface area contributed by atoms with Crippen molar-refractivity contribution in [2.75, 3.05) is 26.2 Å². The number of aliphatic hydroxyl groups excluding tert-OH is 1. The highest BCUT2D eigenvalue weighted by molar-refractivity contribution is 5.85. The first-order valence-electron chi connectivity index (χ1n) is 11.5. The van der Waals surface area contributed by atoms with Crippen molar-refractivity contribution in [3.8, 4) is 5.75 Å². The summed E-state index contributed by atoms with van der Waals surface area (Å²) >= 11 is 0. The van der Waals surface area contributed by atoms with Crippen LogP contribution >= 0.6 is 12.4 Å². The summed E-state index contributed by atoms with van der Waals surface area (Å²) in [4.78, 5) is 25.6. The molecule has 184 valence electrons. The van der Waals surface area contributed by atoms with E-state index in [1.54, 1.807) is 23.2 Å². The van der Waals surface area contributed by atoms with Gasteiger partial charge in [-0.25, -0.2) is 4.79 Å². The van der Waals surface area contributed by atoms with Gasteiger partial charge in [-0.05, 0) is 54.8 Å². The molecule has 34 heavy (non-hydrogen) atoms. The normalized spacial score (nSPS) is 14.4. The van der Waals surface area contributed by atoms with Gasteiger partial charge < -0.3 is 20.1 Å². The predicted molar refractivity (Wildman–Crippen MR) is 134 cm³/mol. The summed E-state index contributed by atoms with van der Waals surface area (Å²) in [6.07, 6.45) is 1.84. The van der Waals surface area contributed by atoms with Gasteiger partial charge in [0.2, 0.25) is 5.91 Å². The molecule has 0 bridgehead atoms. The molecule has 1 unspecified atom stereocenters. The minimum atomic E-state index is -0.798. The maximum atomic E-state index is 12.1. The lowest BCUT2D eigenvalue weighted by molar-refractivity contribution is -0.127. The van der Waals surface area contributed by atoms with E-state index in [1.165, 1.54) is 0 Å². The van der Waals surface area contributed by atoms with E-state index < -0.39 is 6.10 Å². The second kappa shape index (κ2) is 11.6. The Labute approximate surface area is 205 Å². The molecule has 0 saturated carbocycles. The number of halogens is 1. The zero-order chi connectivity index (χ0) is 23.4. The fraction of sp³-hybridized carbons (Fsp3) is 0.440. The summed E-state index contributed by atoms with van der Waals surface area (Å²) < 4.78 is 8.94. The van der Waals surface area contributed by atoms with Crippen LogP contribution in [0.4, 0.5) is 0 Å². The Morgan fingerprint density at radius 2 is 1.79 bits per heavy atom. The van der Waals surface area contributed by atoms with Crippen LogP contribution in [0.15, 0.2) is 47.3 Å². The first kappa shape index (κ1) is 25.8. The van der Waals surface area contributed by atoms with Gasteiger partial charge >= 0.3 is 5.69 Å². The SMILES string of the molecule is Cl.Cn1c(=O)n(C)c2cc(C(O)COc3ccc(CNCCCN4CCCC4=O)cc3)ccc21. The van der Waals surface area contributed by atoms with Crippen molar-refractivity contribution >= 4 is 29.3 Å². The third kappa shape index (κ3) is 5.81. The lowest BCUT2D eigenvalue weighted by atomic mass is 10.1. The Morgan fingerprint density at radius 1 is 1.06 bits per heavy atom. The van der Waals surface area contributed by atoms with E-state index in [4.69, 9.17) is 4.74 Å². The van der Waals surface area contributed by atoms with Crippen LogP contribution in [0.25, 0.3) is 11.0 Å². The van der Waals surface area contributed by atoms with Crippen LogP contribution in [0.5, 0.6) is 5.75 Å². The van der Waals surface area contributed by atoms with E-state index in [2.05, 4.69) is 5.32 Å². The van der Waals surface area contributed by atoms with Crippen LogP contribution in [0.2, 0.25) is 0 Å². The molecule has 1 amide bonds. The number of aliphatic hydroxyl groups is 1. The number of nitrogens with one attached hydrogen (secondary N) is 1. The van der Waals surface area contributed by atoms with Gasteiger partial charge in [0.15, 0.2) is 0 Å². The number of hydrogen-bond donors (Lipinski definition) is 2. The molecule has 2 heterocycles. The zero-order valence-electron chi connectivity index (χ0n) is 19.7. The van der Waals surface area contributed by atoms with Gasteiger partial charge in [0.25, 0.3) is 0 Å². The molecule has 3 aromatic rings. The van der Waals surface area contributed by atoms with E-state index in [0.717, 1.165) is 55.6 Å². The van der Waals surface area contributed by atoms with Crippen molar-refractivity contribution in [2.24, 2.45) is 14.1 Å². The van der Waals surface area contributed by atoms with Crippen molar-refractivity contribution in [3.05, 3.63) is 64.1 Å². The van der Waals surface area contributed by atoms with Gasteiger partial charge in [0.1, 0.15) is 18.5 Å². The molecule has 1 fully saturated rings. The van der Waals surface area contributed by atoms with Crippen molar-refractivity contribution < 1.29 is 14.6 Å². The molecule has 9 heteroatoms. The summed E-state index contributed by atoms with van der Waals surface area (Å²) in [5.41, 5.74) is 3.37. The average molecular weight is 489 g/mol. The number of benzene rings is 2. The molecule has 0 aliphatic carbocycles. The van der Waals surface area contributed by atoms with Crippen molar-refractivity contribution in [1.82, 2.24) is 19.4 Å². The number of nitrogens with zero attached hydrogens (tertiary/aromatic N) is 3. The lowest BCUT2D eigenvalue weighted by Gasteiger charge is -2.15. The zero-order valence-corrected chi connectivity index (χ0v) is 20.5. The molecule has 1 aliphatic rings. The number of aromatic nitrogens is 2. The molecule has 1 aromatic heterocycles. The fourth-order valence-electron chi connectivity index (χ4n) is 4.27. The van der Waals surface area contributed by atoms with Crippen LogP contribution in [0.3, 0.4) is 0 Å². The van der Waals surface area contributed by atoms with Crippen LogP contribution in [-0.2, 0) is 25.4 Å². The molecule has 1 atom stereocenters. The third-order valence-corrected chi connectivity index (χ3v) is 6.29. The quantitative estimate of drug-likeness (QED) is 0.428. The van der Waals surface area contributed by atoms with Gasteiger partial charge in [0, 0.05) is 40.2 Å². The summed E-state index contributed by atoms with van der Waals surface area (Å²) in [5.74, 6) is 0.973. The molecule has 2 N–H and O–H groups in total. The Kier molecular flexibility index (Phi) is 8.77. The highest BCUT2D eigenvalue weighted by atomic mass is 35.5. The van der Waals surface area contributed by atoms with Crippen LogP contribution in [0, 0.1) is 0 Å². The van der Waals surface area contributed by atoms with E-state index in [-0.39, 0.29) is 30.6 Å². The monoisotopic (exact) mass is 488 g/mol. The molecule has 8 nitrogen and oxygen atoms in total. The number of hydrogen-bond acceptors (Lipinski definition) is 5. The Hall–Kier alpha value is -2.81. The highest BCUT2D eigenvalue weighted by Crippen LogP contribution is 2.21. The van der Waals surface area contributed by atoms with Crippen molar-refractivity contribution in [1.29, 1.82) is 0 Å². The number of carbonyl (C=O) groups excluding carboxylic acids is 1. The minimum Gasteiger partial charge on any atom is -0.491 e. The number of ether oxygens (including phenoxy) is 1. The second-order valence-electron chi connectivity index (χ2n) is 8.63. The number of imidazole rings is 1. The maximum absolute atomic E-state index is 12.1. The van der Waals surface area contributed by atoms with Crippen molar-refractivity contribution in [3.63, 3.8) is 0 Å². The molecular weight excluding hydrogens is 456 g/mol. The summed E-state index contributed by atoms with van der Waals surface area (Å²) in [6, 6.07) is 13.3. The Morgan fingerprint density at radius 3 is 2.50 bits per heavy atom. The molecular formula is C25H33ClN4O4. The third-order valence-electron chi connectivity index (χ3n) is 6.29. The largest absolute Gasteiger partial charge is 0.491 e. The predicted octanol–water partition coefficient (Wildman–Crippen LogP) is 2.51. The lowest BCUT2D eigenvalue weighted by Crippen LogP contribution is -2.28. The molecule has 0 spiro atoms. The number of rotatable bonds is 10. The van der Waals surface area contributed by atoms with Gasteiger partial charge in [-0.1, -0.05) is 18.2 Å². The standard InChI is InChI=1S/C25H32N4O4.ClH/c1-27-21-11-8-19(15-22(21)28(2)25(27)32)23(30)17-33-20-9-6-18(7-10-20)16-26-12-4-14-29-13-3-5-24(29)31;/h6-11,15,23,26,30H,3-5,12-14,16-17H2,1-2H3;1H. The van der Waals surface area contributed by atoms with Crippen LogP contribution in [-0.4, -0.2) is 51.3 Å². The topological polar surface area (TPSA) is 88.7 Å². The number of amides is 1. The van der Waals surface area contributed by atoms with Crippen LogP contribution < -0.4 is 15.7 Å². The molecule has 1 saturated heterocycles. The maximum Gasteiger partial charge on any atom is 0.328 e. The molecule has 0 radical (unpaired) electrons. The second-order valence-corrected chi connectivity index (χ2v) is 8.63. The minimum absolute atomic E-state index is 0. The van der Waals surface area contributed by atoms with Gasteiger partial charge in [0.05, 0.1) is 11.0 Å². The van der Waals surface area contributed by atoms with E-state index in [0.29, 0.717) is 17.7 Å². The summed E-state index contributed by atoms with van der Waals surface area (Å²) in [5, 5.41) is 14.0. The molecule has 2 aromatic carbocycles.